The van der Waals surface area contributed by atoms with Crippen molar-refractivity contribution in [2.45, 2.75) is 51.3 Å². The molecule has 8 heteroatoms. The standard InChI is InChI=1S/C23H24F2N2O4/c1-12-5-15(13(2)28)10-16(6-12)23(31)27-20(22(30)19-3-4-21(29)26-19)9-14-7-17(24)11-18(25)8-14/h5-8,10-11,19-20,22,30H,3-4,9H2,1-2H3,(H,26,29)(H,27,31)/t19-,20+,22-/m1/s1. The van der Waals surface area contributed by atoms with Crippen molar-refractivity contribution < 1.29 is 28.3 Å². The number of halogens is 2. The Kier molecular flexibility index (Phi) is 6.80. The molecule has 2 aromatic rings. The van der Waals surface area contributed by atoms with Crippen LogP contribution in [0.5, 0.6) is 0 Å². The van der Waals surface area contributed by atoms with Crippen LogP contribution >= 0.6 is 0 Å². The first-order valence-electron chi connectivity index (χ1n) is 9.98. The highest BCUT2D eigenvalue weighted by molar-refractivity contribution is 6.00. The van der Waals surface area contributed by atoms with E-state index < -0.39 is 35.7 Å². The number of hydrogen-bond donors (Lipinski definition) is 3. The fourth-order valence-corrected chi connectivity index (χ4v) is 3.78. The molecule has 6 nitrogen and oxygen atoms in total. The van der Waals surface area contributed by atoms with Crippen LogP contribution in [0.15, 0.2) is 36.4 Å². The molecule has 2 amide bonds. The van der Waals surface area contributed by atoms with Crippen molar-refractivity contribution in [2.75, 3.05) is 0 Å². The van der Waals surface area contributed by atoms with E-state index in [1.807, 2.05) is 0 Å². The number of carbonyl (C=O) groups excluding carboxylic acids is 3. The maximum Gasteiger partial charge on any atom is 0.251 e. The van der Waals surface area contributed by atoms with Gasteiger partial charge in [0.2, 0.25) is 5.91 Å². The molecule has 1 aliphatic rings. The zero-order chi connectivity index (χ0) is 22.7. The molecule has 1 fully saturated rings. The normalized spacial score (nSPS) is 17.7. The zero-order valence-electron chi connectivity index (χ0n) is 17.2. The van der Waals surface area contributed by atoms with Gasteiger partial charge in [0.25, 0.3) is 5.91 Å². The molecule has 0 unspecified atom stereocenters. The Balaban J connectivity index is 1.87. The molecule has 0 spiro atoms. The molecule has 1 heterocycles. The molecular formula is C23H24F2N2O4. The number of Topliss-reactive ketones (excluding diaryl/α,β-unsaturated/α-hetero) is 1. The lowest BCUT2D eigenvalue weighted by atomic mass is 9.94. The van der Waals surface area contributed by atoms with Crippen molar-refractivity contribution in [1.82, 2.24) is 10.6 Å². The summed E-state index contributed by atoms with van der Waals surface area (Å²) >= 11 is 0. The summed E-state index contributed by atoms with van der Waals surface area (Å²) in [6, 6.07) is 6.18. The Morgan fingerprint density at radius 2 is 1.77 bits per heavy atom. The molecule has 0 aliphatic carbocycles. The first kappa shape index (κ1) is 22.6. The maximum absolute atomic E-state index is 13.6. The molecule has 31 heavy (non-hydrogen) atoms. The molecule has 0 radical (unpaired) electrons. The van der Waals surface area contributed by atoms with Crippen LogP contribution in [-0.4, -0.2) is 40.9 Å². The van der Waals surface area contributed by atoms with Crippen LogP contribution in [0.2, 0.25) is 0 Å². The van der Waals surface area contributed by atoms with E-state index >= 15 is 0 Å². The van der Waals surface area contributed by atoms with Crippen molar-refractivity contribution in [3.63, 3.8) is 0 Å². The van der Waals surface area contributed by atoms with E-state index in [4.69, 9.17) is 0 Å². The first-order chi connectivity index (χ1) is 14.6. The highest BCUT2D eigenvalue weighted by Gasteiger charge is 2.34. The molecule has 0 saturated carbocycles. The topological polar surface area (TPSA) is 95.5 Å². The van der Waals surface area contributed by atoms with E-state index in [1.165, 1.54) is 13.0 Å². The Morgan fingerprint density at radius 3 is 2.35 bits per heavy atom. The second kappa shape index (κ2) is 9.34. The summed E-state index contributed by atoms with van der Waals surface area (Å²) in [6.45, 7) is 3.14. The van der Waals surface area contributed by atoms with Gasteiger partial charge in [0.1, 0.15) is 11.6 Å². The van der Waals surface area contributed by atoms with Gasteiger partial charge in [-0.05, 0) is 68.1 Å². The number of carbonyl (C=O) groups is 3. The van der Waals surface area contributed by atoms with Crippen molar-refractivity contribution in [3.8, 4) is 0 Å². The van der Waals surface area contributed by atoms with Crippen LogP contribution in [0, 0.1) is 18.6 Å². The third-order valence-electron chi connectivity index (χ3n) is 5.29. The molecule has 0 aromatic heterocycles. The Hall–Kier alpha value is -3.13. The van der Waals surface area contributed by atoms with Crippen LogP contribution in [0.4, 0.5) is 8.78 Å². The third kappa shape index (κ3) is 5.73. The SMILES string of the molecule is CC(=O)c1cc(C)cc(C(=O)N[C@@H](Cc2cc(F)cc(F)c2)[C@H](O)[C@H]2CCC(=O)N2)c1. The molecule has 2 aromatic carbocycles. The van der Waals surface area contributed by atoms with Crippen molar-refractivity contribution in [2.24, 2.45) is 0 Å². The van der Waals surface area contributed by atoms with Crippen LogP contribution in [0.25, 0.3) is 0 Å². The molecule has 3 N–H and O–H groups in total. The lowest BCUT2D eigenvalue weighted by molar-refractivity contribution is -0.119. The number of ketones is 1. The average Bonchev–Trinajstić information content (AvgIpc) is 3.11. The van der Waals surface area contributed by atoms with Crippen molar-refractivity contribution in [1.29, 1.82) is 0 Å². The van der Waals surface area contributed by atoms with Gasteiger partial charge in [0, 0.05) is 23.6 Å². The van der Waals surface area contributed by atoms with Crippen LogP contribution < -0.4 is 10.6 Å². The van der Waals surface area contributed by atoms with E-state index in [2.05, 4.69) is 10.6 Å². The van der Waals surface area contributed by atoms with Gasteiger partial charge in [-0.3, -0.25) is 14.4 Å². The average molecular weight is 430 g/mol. The van der Waals surface area contributed by atoms with Gasteiger partial charge in [-0.2, -0.15) is 0 Å². The quantitative estimate of drug-likeness (QED) is 0.588. The van der Waals surface area contributed by atoms with Crippen molar-refractivity contribution in [3.05, 3.63) is 70.3 Å². The van der Waals surface area contributed by atoms with Gasteiger partial charge in [0.05, 0.1) is 18.2 Å². The summed E-state index contributed by atoms with van der Waals surface area (Å²) in [7, 11) is 0. The van der Waals surface area contributed by atoms with E-state index in [9.17, 15) is 28.3 Å². The Bertz CT molecular complexity index is 1000. The molecule has 3 atom stereocenters. The van der Waals surface area contributed by atoms with Crippen molar-refractivity contribution >= 4 is 17.6 Å². The largest absolute Gasteiger partial charge is 0.389 e. The zero-order valence-corrected chi connectivity index (χ0v) is 17.2. The number of hydrogen-bond acceptors (Lipinski definition) is 4. The highest BCUT2D eigenvalue weighted by atomic mass is 19.1. The minimum Gasteiger partial charge on any atom is -0.389 e. The monoisotopic (exact) mass is 430 g/mol. The van der Waals surface area contributed by atoms with E-state index in [1.54, 1.807) is 19.1 Å². The molecule has 164 valence electrons. The number of aliphatic hydroxyl groups excluding tert-OH is 1. The molecule has 1 aliphatic heterocycles. The predicted octanol–water partition coefficient (Wildman–Crippen LogP) is 2.46. The van der Waals surface area contributed by atoms with Gasteiger partial charge < -0.3 is 15.7 Å². The summed E-state index contributed by atoms with van der Waals surface area (Å²) in [5.41, 5.74) is 1.56. The number of benzene rings is 2. The molecule has 0 bridgehead atoms. The van der Waals surface area contributed by atoms with E-state index in [0.29, 0.717) is 17.5 Å². The Morgan fingerprint density at radius 1 is 1.13 bits per heavy atom. The van der Waals surface area contributed by atoms with Gasteiger partial charge in [-0.1, -0.05) is 0 Å². The third-order valence-corrected chi connectivity index (χ3v) is 5.29. The number of rotatable bonds is 7. The fraction of sp³-hybridized carbons (Fsp3) is 0.348. The molecule has 1 saturated heterocycles. The fourth-order valence-electron chi connectivity index (χ4n) is 3.78. The lowest BCUT2D eigenvalue weighted by Crippen LogP contribution is -2.52. The smallest absolute Gasteiger partial charge is 0.251 e. The van der Waals surface area contributed by atoms with Gasteiger partial charge in [0.15, 0.2) is 5.78 Å². The minimum atomic E-state index is -1.18. The lowest BCUT2D eigenvalue weighted by Gasteiger charge is -2.28. The highest BCUT2D eigenvalue weighted by Crippen LogP contribution is 2.19. The van der Waals surface area contributed by atoms with Gasteiger partial charge in [-0.15, -0.1) is 0 Å². The van der Waals surface area contributed by atoms with Crippen LogP contribution in [0.3, 0.4) is 0 Å². The second-order valence-corrected chi connectivity index (χ2v) is 7.91. The summed E-state index contributed by atoms with van der Waals surface area (Å²) in [5, 5.41) is 16.2. The minimum absolute atomic E-state index is 0.0562. The van der Waals surface area contributed by atoms with Crippen LogP contribution in [0.1, 0.15) is 51.6 Å². The molecular weight excluding hydrogens is 406 g/mol. The number of nitrogens with one attached hydrogen (secondary N) is 2. The number of amides is 2. The second-order valence-electron chi connectivity index (χ2n) is 7.91. The van der Waals surface area contributed by atoms with Gasteiger partial charge >= 0.3 is 0 Å². The predicted molar refractivity (Wildman–Crippen MR) is 110 cm³/mol. The summed E-state index contributed by atoms with van der Waals surface area (Å²) in [5.74, 6) is -2.49. The first-order valence-corrected chi connectivity index (χ1v) is 9.98. The summed E-state index contributed by atoms with van der Waals surface area (Å²) < 4.78 is 27.3. The maximum atomic E-state index is 13.6. The number of aryl methyl sites for hydroxylation is 1. The Labute approximate surface area is 178 Å². The summed E-state index contributed by atoms with van der Waals surface area (Å²) in [4.78, 5) is 36.2. The van der Waals surface area contributed by atoms with E-state index in [-0.39, 0.29) is 35.7 Å². The molecule has 3 rings (SSSR count). The van der Waals surface area contributed by atoms with Crippen LogP contribution in [-0.2, 0) is 11.2 Å². The van der Waals surface area contributed by atoms with E-state index in [0.717, 1.165) is 18.2 Å². The van der Waals surface area contributed by atoms with Gasteiger partial charge in [-0.25, -0.2) is 8.78 Å². The summed E-state index contributed by atoms with van der Waals surface area (Å²) in [6.07, 6.45) is -0.613. The number of aliphatic hydroxyl groups is 1.